The summed E-state index contributed by atoms with van der Waals surface area (Å²) in [5.41, 5.74) is 1.89. The highest BCUT2D eigenvalue weighted by Crippen LogP contribution is 2.34. The molecule has 5 heteroatoms. The van der Waals surface area contributed by atoms with Crippen molar-refractivity contribution in [1.29, 1.82) is 0 Å². The number of hydrogen-bond acceptors (Lipinski definition) is 3. The second-order valence-electron chi connectivity index (χ2n) is 6.45. The molecule has 0 unspecified atom stereocenters. The Bertz CT molecular complexity index is 592. The van der Waals surface area contributed by atoms with E-state index in [1.54, 1.807) is 0 Å². The number of benzene rings is 1. The molecule has 0 aliphatic heterocycles. The molecular formula is C17H28N2O2S. The maximum atomic E-state index is 12.4. The van der Waals surface area contributed by atoms with Crippen molar-refractivity contribution in [2.24, 2.45) is 0 Å². The molecule has 0 saturated heterocycles. The molecule has 1 N–H and O–H groups in total. The minimum Gasteiger partial charge on any atom is -0.300 e. The van der Waals surface area contributed by atoms with Crippen molar-refractivity contribution in [3.8, 4) is 0 Å². The number of nitrogens with zero attached hydrogens (tertiary/aromatic N) is 1. The summed E-state index contributed by atoms with van der Waals surface area (Å²) < 4.78 is 27.7. The van der Waals surface area contributed by atoms with Gasteiger partial charge in [-0.15, -0.1) is 0 Å². The maximum absolute atomic E-state index is 12.4. The fourth-order valence-corrected chi connectivity index (χ4v) is 4.66. The molecule has 1 saturated carbocycles. The highest BCUT2D eigenvalue weighted by Gasteiger charge is 2.37. The van der Waals surface area contributed by atoms with Crippen LogP contribution in [0.25, 0.3) is 0 Å². The van der Waals surface area contributed by atoms with Crippen LogP contribution in [0.15, 0.2) is 24.3 Å². The highest BCUT2D eigenvalue weighted by molar-refractivity contribution is 7.88. The molecule has 0 amide bonds. The number of aryl methyl sites for hydroxylation is 1. The largest absolute Gasteiger partial charge is 0.300 e. The van der Waals surface area contributed by atoms with Crippen molar-refractivity contribution in [2.75, 3.05) is 20.1 Å². The third-order valence-electron chi connectivity index (χ3n) is 5.05. The van der Waals surface area contributed by atoms with Gasteiger partial charge in [0.2, 0.25) is 10.0 Å². The first kappa shape index (κ1) is 17.4. The summed E-state index contributed by atoms with van der Waals surface area (Å²) in [4.78, 5) is 2.30. The van der Waals surface area contributed by atoms with Gasteiger partial charge in [0.15, 0.2) is 0 Å². The zero-order valence-electron chi connectivity index (χ0n) is 13.9. The van der Waals surface area contributed by atoms with E-state index in [9.17, 15) is 8.42 Å². The van der Waals surface area contributed by atoms with E-state index >= 15 is 0 Å². The summed E-state index contributed by atoms with van der Waals surface area (Å²) in [6, 6.07) is 7.66. The number of hydrogen-bond donors (Lipinski definition) is 1. The van der Waals surface area contributed by atoms with Crippen LogP contribution < -0.4 is 4.72 Å². The minimum atomic E-state index is -3.30. The van der Waals surface area contributed by atoms with Gasteiger partial charge in [-0.05, 0) is 44.5 Å². The lowest BCUT2D eigenvalue weighted by molar-refractivity contribution is 0.135. The summed E-state index contributed by atoms with van der Waals surface area (Å²) in [6.07, 6.45) is 4.52. The summed E-state index contributed by atoms with van der Waals surface area (Å²) in [5.74, 6) is 0.0611. The van der Waals surface area contributed by atoms with Gasteiger partial charge in [-0.3, -0.25) is 4.90 Å². The Labute approximate surface area is 135 Å². The Morgan fingerprint density at radius 1 is 1.23 bits per heavy atom. The molecule has 4 nitrogen and oxygen atoms in total. The highest BCUT2D eigenvalue weighted by atomic mass is 32.2. The number of nitrogens with one attached hydrogen (secondary N) is 1. The van der Waals surface area contributed by atoms with E-state index in [1.165, 1.54) is 12.8 Å². The van der Waals surface area contributed by atoms with Gasteiger partial charge in [-0.2, -0.15) is 0 Å². The third kappa shape index (κ3) is 4.09. The molecular weight excluding hydrogens is 296 g/mol. The second kappa shape index (κ2) is 7.11. The van der Waals surface area contributed by atoms with Crippen molar-refractivity contribution in [2.45, 2.75) is 50.8 Å². The Kier molecular flexibility index (Phi) is 5.64. The molecule has 0 spiro atoms. The predicted octanol–water partition coefficient (Wildman–Crippen LogP) is 2.68. The first-order valence-corrected chi connectivity index (χ1v) is 9.77. The van der Waals surface area contributed by atoms with Crippen LogP contribution in [-0.4, -0.2) is 39.0 Å². The van der Waals surface area contributed by atoms with E-state index in [0.717, 1.165) is 30.5 Å². The van der Waals surface area contributed by atoms with Gasteiger partial charge in [0.25, 0.3) is 0 Å². The van der Waals surface area contributed by atoms with E-state index in [2.05, 4.69) is 23.6 Å². The van der Waals surface area contributed by atoms with Crippen LogP contribution in [0.3, 0.4) is 0 Å². The van der Waals surface area contributed by atoms with Gasteiger partial charge in [0.1, 0.15) is 0 Å². The van der Waals surface area contributed by atoms with Crippen LogP contribution in [-0.2, 0) is 15.8 Å². The number of sulfonamides is 1. The average Bonchev–Trinajstić information content (AvgIpc) is 2.97. The van der Waals surface area contributed by atoms with Crippen LogP contribution in [0.2, 0.25) is 0 Å². The quantitative estimate of drug-likeness (QED) is 0.839. The van der Waals surface area contributed by atoms with Crippen LogP contribution in [0.4, 0.5) is 0 Å². The average molecular weight is 324 g/mol. The Morgan fingerprint density at radius 2 is 1.86 bits per heavy atom. The predicted molar refractivity (Wildman–Crippen MR) is 91.3 cm³/mol. The Morgan fingerprint density at radius 3 is 2.45 bits per heavy atom. The first-order valence-electron chi connectivity index (χ1n) is 8.12. The van der Waals surface area contributed by atoms with E-state index in [0.29, 0.717) is 6.54 Å². The van der Waals surface area contributed by atoms with Crippen LogP contribution in [0, 0.1) is 6.92 Å². The maximum Gasteiger partial charge on any atom is 0.215 e. The van der Waals surface area contributed by atoms with Crippen molar-refractivity contribution >= 4 is 10.0 Å². The van der Waals surface area contributed by atoms with Crippen molar-refractivity contribution in [3.63, 3.8) is 0 Å². The molecule has 1 aromatic rings. The van der Waals surface area contributed by atoms with Gasteiger partial charge in [-0.25, -0.2) is 13.1 Å². The molecule has 0 bridgehead atoms. The summed E-state index contributed by atoms with van der Waals surface area (Å²) >= 11 is 0. The van der Waals surface area contributed by atoms with E-state index < -0.39 is 10.0 Å². The standard InChI is InChI=1S/C17H28N2O2S/c1-4-19(3)17(11-7-8-12-17)14-18-22(20,21)13-16-10-6-5-9-15(16)2/h5-6,9-10,18H,4,7-8,11-14H2,1-3H3. The van der Waals surface area contributed by atoms with Gasteiger partial charge < -0.3 is 0 Å². The number of likely N-dealkylation sites (N-methyl/N-ethyl adjacent to an activating group) is 1. The van der Waals surface area contributed by atoms with Gasteiger partial charge in [0.05, 0.1) is 5.75 Å². The number of rotatable bonds is 7. The molecule has 0 heterocycles. The van der Waals surface area contributed by atoms with Crippen LogP contribution in [0.1, 0.15) is 43.7 Å². The van der Waals surface area contributed by atoms with Gasteiger partial charge in [-0.1, -0.05) is 44.0 Å². The molecule has 22 heavy (non-hydrogen) atoms. The summed E-state index contributed by atoms with van der Waals surface area (Å²) in [7, 11) is -1.20. The molecule has 0 atom stereocenters. The molecule has 2 rings (SSSR count). The zero-order valence-corrected chi connectivity index (χ0v) is 14.7. The monoisotopic (exact) mass is 324 g/mol. The van der Waals surface area contributed by atoms with Gasteiger partial charge >= 0.3 is 0 Å². The molecule has 0 radical (unpaired) electrons. The first-order chi connectivity index (χ1) is 10.4. The van der Waals surface area contributed by atoms with E-state index in [4.69, 9.17) is 0 Å². The SMILES string of the molecule is CCN(C)C1(CNS(=O)(=O)Cc2ccccc2C)CCCC1. The zero-order chi connectivity index (χ0) is 16.2. The minimum absolute atomic E-state index is 0.00640. The molecule has 1 aliphatic carbocycles. The summed E-state index contributed by atoms with van der Waals surface area (Å²) in [5, 5.41) is 0. The third-order valence-corrected chi connectivity index (χ3v) is 6.32. The van der Waals surface area contributed by atoms with Crippen molar-refractivity contribution in [3.05, 3.63) is 35.4 Å². The lowest BCUT2D eigenvalue weighted by Gasteiger charge is -2.38. The summed E-state index contributed by atoms with van der Waals surface area (Å²) in [6.45, 7) is 5.54. The second-order valence-corrected chi connectivity index (χ2v) is 8.26. The fraction of sp³-hybridized carbons (Fsp3) is 0.647. The molecule has 1 aromatic carbocycles. The van der Waals surface area contributed by atoms with Crippen LogP contribution in [0.5, 0.6) is 0 Å². The Hall–Kier alpha value is -0.910. The van der Waals surface area contributed by atoms with E-state index in [1.807, 2.05) is 31.2 Å². The van der Waals surface area contributed by atoms with Crippen molar-refractivity contribution in [1.82, 2.24) is 9.62 Å². The van der Waals surface area contributed by atoms with E-state index in [-0.39, 0.29) is 11.3 Å². The molecule has 1 aliphatic rings. The lowest BCUT2D eigenvalue weighted by Crippen LogP contribution is -2.52. The van der Waals surface area contributed by atoms with Gasteiger partial charge in [0, 0.05) is 12.1 Å². The normalized spacial score (nSPS) is 18.0. The smallest absolute Gasteiger partial charge is 0.215 e. The Balaban J connectivity index is 2.04. The molecule has 1 fully saturated rings. The van der Waals surface area contributed by atoms with Crippen molar-refractivity contribution < 1.29 is 8.42 Å². The topological polar surface area (TPSA) is 49.4 Å². The van der Waals surface area contributed by atoms with Crippen LogP contribution >= 0.6 is 0 Å². The lowest BCUT2D eigenvalue weighted by atomic mass is 9.96. The fourth-order valence-electron chi connectivity index (χ4n) is 3.33. The molecule has 124 valence electrons. The molecule has 0 aromatic heterocycles.